The van der Waals surface area contributed by atoms with Gasteiger partial charge in [0, 0.05) is 86.8 Å². The fraction of sp³-hybridized carbons (Fsp3) is 0.583. The van der Waals surface area contributed by atoms with Crippen LogP contribution in [0.2, 0.25) is 0 Å². The van der Waals surface area contributed by atoms with Gasteiger partial charge in [-0.2, -0.15) is 5.10 Å². The number of phenolic OH excluding ortho intramolecular Hbond substituents is 3. The molecule has 16 nitrogen and oxygen atoms in total. The molecule has 350 valence electrons. The maximum Gasteiger partial charge on any atom is 0.312 e. The summed E-state index contributed by atoms with van der Waals surface area (Å²) in [6.07, 6.45) is 8.25. The van der Waals surface area contributed by atoms with Crippen LogP contribution >= 0.6 is 0 Å². The highest BCUT2D eigenvalue weighted by atomic mass is 16.7. The van der Waals surface area contributed by atoms with Gasteiger partial charge < -0.3 is 49.8 Å². The molecule has 5 heterocycles. The summed E-state index contributed by atoms with van der Waals surface area (Å²) >= 11 is 0. The number of piperazine rings is 1. The third-order valence-corrected chi connectivity index (χ3v) is 13.9. The molecule has 2 saturated heterocycles. The smallest absolute Gasteiger partial charge is 0.312 e. The standard InChI is InChI=1S/C48H66N4O12/c1-11-31-15-16-32-23-52(19-18-51(32)22-31)49-21-33-38-43(58)36-35(42(33)57)37-45(29(7)41(36)56)64-48(9,46(37)59)62-20-17-34(61-10)26(4)44(63-30(8)53)28(6)40(55)27(5)39(54)24(2)13-12-14-25(3)47(60)50-38/h12-14,17,20-21,24,26-28,31-32,34,39-40,44,54-58H,11,15-16,18-19,22-23H2,1-10H3,(H,50,60)/b13-12+,20-17+,25-14-,49-21+. The van der Waals surface area contributed by atoms with Crippen LogP contribution in [-0.4, -0.2) is 129 Å². The lowest BCUT2D eigenvalue weighted by molar-refractivity contribution is -0.160. The number of methoxy groups -OCH3 is 1. The molecule has 2 fully saturated rings. The zero-order valence-corrected chi connectivity index (χ0v) is 38.6. The molecule has 0 saturated carbocycles. The highest BCUT2D eigenvalue weighted by molar-refractivity contribution is 6.23. The number of hydrogen-bond donors (Lipinski definition) is 6. The molecule has 64 heavy (non-hydrogen) atoms. The number of aliphatic hydroxyl groups is 2. The number of hydrazone groups is 1. The molecule has 5 aliphatic rings. The van der Waals surface area contributed by atoms with E-state index in [-0.39, 0.29) is 50.5 Å². The number of aromatic hydroxyl groups is 3. The van der Waals surface area contributed by atoms with Crippen LogP contribution in [0.4, 0.5) is 5.69 Å². The molecule has 0 aromatic heterocycles. The molecule has 11 unspecified atom stereocenters. The molecule has 6 N–H and O–H groups in total. The number of piperidine rings is 1. The second-order valence-electron chi connectivity index (χ2n) is 18.3. The fourth-order valence-electron chi connectivity index (χ4n) is 9.69. The Morgan fingerprint density at radius 3 is 2.36 bits per heavy atom. The minimum absolute atomic E-state index is 0.0636. The van der Waals surface area contributed by atoms with Crippen molar-refractivity contribution in [2.75, 3.05) is 38.6 Å². The van der Waals surface area contributed by atoms with E-state index in [1.807, 2.05) is 5.01 Å². The van der Waals surface area contributed by atoms with Crippen LogP contribution in [0.25, 0.3) is 10.8 Å². The van der Waals surface area contributed by atoms with Crippen molar-refractivity contribution >= 4 is 40.3 Å². The van der Waals surface area contributed by atoms with E-state index in [9.17, 15) is 39.9 Å². The maximum atomic E-state index is 14.6. The average molecular weight is 891 g/mol. The zero-order valence-electron chi connectivity index (χ0n) is 38.6. The van der Waals surface area contributed by atoms with E-state index in [1.54, 1.807) is 46.8 Å². The number of esters is 1. The molecule has 0 aliphatic carbocycles. The lowest BCUT2D eigenvalue weighted by Gasteiger charge is -2.45. The van der Waals surface area contributed by atoms with E-state index in [0.717, 1.165) is 32.4 Å². The number of anilines is 1. The summed E-state index contributed by atoms with van der Waals surface area (Å²) in [5.41, 5.74) is -0.284. The fourth-order valence-corrected chi connectivity index (χ4v) is 9.69. The first-order chi connectivity index (χ1) is 30.2. The number of ether oxygens (including phenoxy) is 4. The van der Waals surface area contributed by atoms with Gasteiger partial charge in [-0.25, -0.2) is 0 Å². The first kappa shape index (κ1) is 48.3. The number of carbonyl (C=O) groups excluding carboxylic acids is 3. The van der Waals surface area contributed by atoms with Gasteiger partial charge in [-0.1, -0.05) is 59.3 Å². The molecular weight excluding hydrogens is 825 g/mol. The predicted molar refractivity (Wildman–Crippen MR) is 241 cm³/mol. The van der Waals surface area contributed by atoms with Crippen molar-refractivity contribution in [2.45, 2.75) is 118 Å². The number of allylic oxidation sites excluding steroid dienone is 2. The van der Waals surface area contributed by atoms with E-state index in [2.05, 4.69) is 17.1 Å². The van der Waals surface area contributed by atoms with Crippen LogP contribution in [0.1, 0.15) is 96.1 Å². The molecule has 5 aliphatic heterocycles. The van der Waals surface area contributed by atoms with Crippen molar-refractivity contribution in [3.05, 3.63) is 52.8 Å². The molecule has 11 atom stereocenters. The number of nitrogens with zero attached hydrogens (tertiary/aromatic N) is 3. The van der Waals surface area contributed by atoms with Crippen molar-refractivity contribution in [2.24, 2.45) is 34.7 Å². The number of ketones is 1. The number of carbonyl (C=O) groups is 3. The Hall–Kier alpha value is -5.16. The summed E-state index contributed by atoms with van der Waals surface area (Å²) in [5, 5.41) is 67.8. The van der Waals surface area contributed by atoms with Gasteiger partial charge in [-0.15, -0.1) is 0 Å². The normalized spacial score (nSPS) is 33.9. The van der Waals surface area contributed by atoms with Gasteiger partial charge in [0.25, 0.3) is 11.7 Å². The van der Waals surface area contributed by atoms with Crippen molar-refractivity contribution in [3.63, 3.8) is 0 Å². The van der Waals surface area contributed by atoms with Crippen LogP contribution in [0.5, 0.6) is 23.0 Å². The zero-order chi connectivity index (χ0) is 46.9. The quantitative estimate of drug-likeness (QED) is 0.0893. The molecule has 0 spiro atoms. The van der Waals surface area contributed by atoms with Crippen molar-refractivity contribution in [1.82, 2.24) is 9.91 Å². The third kappa shape index (κ3) is 9.33. The van der Waals surface area contributed by atoms with Crippen LogP contribution in [0.15, 0.2) is 41.2 Å². The summed E-state index contributed by atoms with van der Waals surface area (Å²) in [5.74, 6) is -7.62. The summed E-state index contributed by atoms with van der Waals surface area (Å²) in [6, 6.07) is 0.290. The second-order valence-corrected chi connectivity index (χ2v) is 18.3. The van der Waals surface area contributed by atoms with E-state index in [0.29, 0.717) is 19.0 Å². The minimum Gasteiger partial charge on any atom is -0.507 e. The van der Waals surface area contributed by atoms with Gasteiger partial charge >= 0.3 is 11.8 Å². The average Bonchev–Trinajstić information content (AvgIpc) is 3.54. The molecule has 0 radical (unpaired) electrons. The first-order valence-electron chi connectivity index (χ1n) is 22.3. The topological polar surface area (TPSA) is 220 Å². The van der Waals surface area contributed by atoms with Gasteiger partial charge in [-0.3, -0.25) is 24.3 Å². The Balaban J connectivity index is 1.48. The number of benzene rings is 2. The number of fused-ring (bicyclic) bond motifs is 15. The van der Waals surface area contributed by atoms with Gasteiger partial charge in [0.15, 0.2) is 5.75 Å². The van der Waals surface area contributed by atoms with Crippen LogP contribution in [0.3, 0.4) is 0 Å². The summed E-state index contributed by atoms with van der Waals surface area (Å²) in [7, 11) is 1.44. The highest BCUT2D eigenvalue weighted by Gasteiger charge is 2.50. The number of amides is 1. The molecule has 7 rings (SSSR count). The predicted octanol–water partition coefficient (Wildman–Crippen LogP) is 5.89. The summed E-state index contributed by atoms with van der Waals surface area (Å²) in [6.45, 7) is 17.9. The minimum atomic E-state index is -2.05. The lowest BCUT2D eigenvalue weighted by Crippen LogP contribution is -2.55. The molecule has 16 heteroatoms. The van der Waals surface area contributed by atoms with Crippen LogP contribution < -0.4 is 10.1 Å². The number of hydrogen-bond acceptors (Lipinski definition) is 15. The summed E-state index contributed by atoms with van der Waals surface area (Å²) < 4.78 is 23.8. The van der Waals surface area contributed by atoms with Crippen molar-refractivity contribution in [3.8, 4) is 23.0 Å². The van der Waals surface area contributed by atoms with Crippen LogP contribution in [-0.2, 0) is 23.8 Å². The Bertz CT molecular complexity index is 2240. The van der Waals surface area contributed by atoms with Crippen molar-refractivity contribution < 1.29 is 58.9 Å². The van der Waals surface area contributed by atoms with Gasteiger partial charge in [0.2, 0.25) is 0 Å². The highest BCUT2D eigenvalue weighted by Crippen LogP contribution is 2.55. The van der Waals surface area contributed by atoms with Crippen LogP contribution in [0, 0.1) is 36.5 Å². The summed E-state index contributed by atoms with van der Waals surface area (Å²) in [4.78, 5) is 43.4. The Labute approximate surface area is 375 Å². The Morgan fingerprint density at radius 1 is 0.969 bits per heavy atom. The number of Topliss-reactive ketones (excluding diaryl/α,β-unsaturated/α-hetero) is 1. The Morgan fingerprint density at radius 2 is 1.69 bits per heavy atom. The number of aliphatic hydroxyl groups excluding tert-OH is 2. The molecule has 1 amide bonds. The third-order valence-electron chi connectivity index (χ3n) is 13.9. The van der Waals surface area contributed by atoms with E-state index in [1.165, 1.54) is 52.5 Å². The molecule has 2 aromatic carbocycles. The Kier molecular flexibility index (Phi) is 14.7. The molecule has 2 aromatic rings. The van der Waals surface area contributed by atoms with Crippen molar-refractivity contribution in [1.29, 1.82) is 0 Å². The number of phenols is 3. The van der Waals surface area contributed by atoms with Gasteiger partial charge in [-0.05, 0) is 38.7 Å². The monoisotopic (exact) mass is 890 g/mol. The second kappa shape index (κ2) is 19.5. The van der Waals surface area contributed by atoms with E-state index >= 15 is 0 Å². The SMILES string of the molecule is CCC1CCC2CN(/N=C/c3c4c(O)c5c(O)c(C)c6c(c5c3O)C(=O)C(C)(O/C=C/C(OC)C(C)C(OC(C)=O)C(C)C(O)C(C)C(O)C(C)/C=C/C=C(/C)C(=O)N4)O6)CCN2C1. The lowest BCUT2D eigenvalue weighted by atomic mass is 9.78. The van der Waals surface area contributed by atoms with E-state index < -0.39 is 88.8 Å². The maximum absolute atomic E-state index is 14.6. The van der Waals surface area contributed by atoms with Gasteiger partial charge in [0.1, 0.15) is 23.4 Å². The molecule has 5 bridgehead atoms. The number of nitrogens with one attached hydrogen (secondary N) is 1. The van der Waals surface area contributed by atoms with Gasteiger partial charge in [0.05, 0.1) is 59.5 Å². The first-order valence-corrected chi connectivity index (χ1v) is 22.3. The largest absolute Gasteiger partial charge is 0.507 e. The van der Waals surface area contributed by atoms with E-state index in [4.69, 9.17) is 24.0 Å². The molecular formula is C48H66N4O12. The number of rotatable bonds is 5.